The van der Waals surface area contributed by atoms with E-state index in [-0.39, 0.29) is 37.5 Å². The lowest BCUT2D eigenvalue weighted by molar-refractivity contribution is -0.167. The van der Waals surface area contributed by atoms with Crippen molar-refractivity contribution in [3.63, 3.8) is 0 Å². The van der Waals surface area contributed by atoms with Crippen molar-refractivity contribution in [2.45, 2.75) is 277 Å². The molecule has 0 aromatic carbocycles. The summed E-state index contributed by atoms with van der Waals surface area (Å²) in [5, 5.41) is 0. The summed E-state index contributed by atoms with van der Waals surface area (Å²) in [6.07, 6.45) is 69.0. The second-order valence-corrected chi connectivity index (χ2v) is 18.6. The number of carbonyl (C=O) groups excluding carboxylic acids is 3. The smallest absolute Gasteiger partial charge is 0.306 e. The Kier molecular flexibility index (Phi) is 51.9. The third kappa shape index (κ3) is 51.8. The molecule has 0 radical (unpaired) electrons. The van der Waals surface area contributed by atoms with E-state index in [0.29, 0.717) is 19.3 Å². The fourth-order valence-corrected chi connectivity index (χ4v) is 7.88. The van der Waals surface area contributed by atoms with Gasteiger partial charge in [0.1, 0.15) is 13.2 Å². The van der Waals surface area contributed by atoms with Crippen molar-refractivity contribution in [2.75, 3.05) is 13.2 Å². The lowest BCUT2D eigenvalue weighted by Crippen LogP contribution is -2.30. The third-order valence-corrected chi connectivity index (χ3v) is 12.1. The lowest BCUT2D eigenvalue weighted by Gasteiger charge is -2.18. The summed E-state index contributed by atoms with van der Waals surface area (Å²) < 4.78 is 16.8. The molecule has 0 bridgehead atoms. The molecule has 0 fully saturated rings. The monoisotopic (exact) mass is 921 g/mol. The van der Waals surface area contributed by atoms with Crippen molar-refractivity contribution in [3.8, 4) is 0 Å². The van der Waals surface area contributed by atoms with Gasteiger partial charge in [0.15, 0.2) is 6.10 Å². The van der Waals surface area contributed by atoms with Crippen LogP contribution in [0.1, 0.15) is 271 Å². The van der Waals surface area contributed by atoms with E-state index < -0.39 is 6.10 Å². The van der Waals surface area contributed by atoms with Crippen molar-refractivity contribution < 1.29 is 28.6 Å². The van der Waals surface area contributed by atoms with E-state index in [0.717, 1.165) is 51.4 Å². The second kappa shape index (κ2) is 54.5. The molecule has 0 aromatic rings. The third-order valence-electron chi connectivity index (χ3n) is 12.1. The Morgan fingerprint density at radius 1 is 0.318 bits per heavy atom. The van der Waals surface area contributed by atoms with Crippen LogP contribution in [0.4, 0.5) is 0 Å². The fraction of sp³-hybridized carbons (Fsp3) is 0.750. The van der Waals surface area contributed by atoms with Crippen molar-refractivity contribution in [2.24, 2.45) is 0 Å². The maximum absolute atomic E-state index is 12.8. The molecule has 0 rings (SSSR count). The zero-order chi connectivity index (χ0) is 47.9. The minimum Gasteiger partial charge on any atom is -0.462 e. The van der Waals surface area contributed by atoms with E-state index in [1.165, 1.54) is 173 Å². The fourth-order valence-electron chi connectivity index (χ4n) is 7.88. The summed E-state index contributed by atoms with van der Waals surface area (Å²) in [6.45, 7) is 6.45. The molecule has 0 aromatic heterocycles. The van der Waals surface area contributed by atoms with Gasteiger partial charge in [-0.1, -0.05) is 267 Å². The Balaban J connectivity index is 4.42. The first-order chi connectivity index (χ1) is 32.5. The van der Waals surface area contributed by atoms with Crippen LogP contribution in [0.25, 0.3) is 0 Å². The maximum Gasteiger partial charge on any atom is 0.306 e. The highest BCUT2D eigenvalue weighted by Crippen LogP contribution is 2.16. The van der Waals surface area contributed by atoms with Gasteiger partial charge in [-0.15, -0.1) is 0 Å². The summed E-state index contributed by atoms with van der Waals surface area (Å²) in [5.41, 5.74) is 0. The van der Waals surface area contributed by atoms with Gasteiger partial charge < -0.3 is 14.2 Å². The van der Waals surface area contributed by atoms with Crippen molar-refractivity contribution >= 4 is 17.9 Å². The Bertz CT molecular complexity index is 1240. The number of unbranched alkanes of at least 4 members (excludes halogenated alkanes) is 31. The standard InChI is InChI=1S/C60H104O6/c1-4-7-10-13-16-19-22-25-27-29-31-32-35-38-41-44-47-50-53-59(62)65-56-57(55-64-58(61)52-49-46-43-40-37-34-24-21-18-15-12-9-6-3)66-60(63)54-51-48-45-42-39-36-33-30-28-26-23-20-17-14-11-8-5-2/h9,12,15,18,21,24,26,28,34,37,40,43,57H,4-8,10-11,13-14,16-17,19-20,22-23,25,27,29-33,35-36,38-39,41-42,44-56H2,1-3H3/b12-9+,18-15+,24-21+,28-26+,37-34+,43-40+. The SMILES string of the molecule is CC/C=C/C=C/C=C/C=C/C=C/CCCC(=O)OCC(COC(=O)CCCCCCCCCCCCCCCCCCCC)OC(=O)CCCCCCCCC/C=C/CCCCCCCC. The topological polar surface area (TPSA) is 78.9 Å². The van der Waals surface area contributed by atoms with Gasteiger partial charge in [0.05, 0.1) is 0 Å². The number of hydrogen-bond acceptors (Lipinski definition) is 6. The number of ether oxygens (including phenoxy) is 3. The van der Waals surface area contributed by atoms with E-state index >= 15 is 0 Å². The van der Waals surface area contributed by atoms with Crippen molar-refractivity contribution in [1.29, 1.82) is 0 Å². The van der Waals surface area contributed by atoms with E-state index in [1.54, 1.807) is 0 Å². The van der Waals surface area contributed by atoms with Gasteiger partial charge in [-0.05, 0) is 57.8 Å². The molecule has 0 spiro atoms. The van der Waals surface area contributed by atoms with Crippen LogP contribution in [-0.4, -0.2) is 37.2 Å². The highest BCUT2D eigenvalue weighted by Gasteiger charge is 2.19. The quantitative estimate of drug-likeness (QED) is 0.0199. The molecular weight excluding hydrogens is 817 g/mol. The predicted octanol–water partition coefficient (Wildman–Crippen LogP) is 18.6. The van der Waals surface area contributed by atoms with Crippen LogP contribution < -0.4 is 0 Å². The number of esters is 3. The first-order valence-corrected chi connectivity index (χ1v) is 28.0. The Morgan fingerprint density at radius 2 is 0.621 bits per heavy atom. The normalized spacial score (nSPS) is 12.6. The Morgan fingerprint density at radius 3 is 1.02 bits per heavy atom. The van der Waals surface area contributed by atoms with E-state index in [4.69, 9.17) is 14.2 Å². The minimum absolute atomic E-state index is 0.0973. The molecule has 6 heteroatoms. The molecule has 0 saturated carbocycles. The first kappa shape index (κ1) is 62.8. The largest absolute Gasteiger partial charge is 0.462 e. The molecular formula is C60H104O6. The summed E-state index contributed by atoms with van der Waals surface area (Å²) in [7, 11) is 0. The van der Waals surface area contributed by atoms with Gasteiger partial charge in [-0.3, -0.25) is 14.4 Å². The summed E-state index contributed by atoms with van der Waals surface area (Å²) in [5.74, 6) is -0.970. The average molecular weight is 921 g/mol. The molecule has 1 unspecified atom stereocenters. The molecule has 0 aliphatic carbocycles. The van der Waals surface area contributed by atoms with E-state index in [2.05, 4.69) is 39.0 Å². The molecule has 0 amide bonds. The number of hydrogen-bond donors (Lipinski definition) is 0. The number of allylic oxidation sites excluding steroid dienone is 12. The summed E-state index contributed by atoms with van der Waals surface area (Å²) in [6, 6.07) is 0. The first-order valence-electron chi connectivity index (χ1n) is 28.0. The summed E-state index contributed by atoms with van der Waals surface area (Å²) >= 11 is 0. The van der Waals surface area contributed by atoms with Crippen molar-refractivity contribution in [3.05, 3.63) is 72.9 Å². The molecule has 1 atom stereocenters. The van der Waals surface area contributed by atoms with Crippen LogP contribution in [0, 0.1) is 0 Å². The van der Waals surface area contributed by atoms with Crippen LogP contribution in [-0.2, 0) is 28.6 Å². The molecule has 6 nitrogen and oxygen atoms in total. The van der Waals surface area contributed by atoms with Crippen molar-refractivity contribution in [1.82, 2.24) is 0 Å². The highest BCUT2D eigenvalue weighted by atomic mass is 16.6. The van der Waals surface area contributed by atoms with Gasteiger partial charge in [-0.2, -0.15) is 0 Å². The Labute approximate surface area is 408 Å². The highest BCUT2D eigenvalue weighted by molar-refractivity contribution is 5.71. The zero-order valence-electron chi connectivity index (χ0n) is 43.4. The van der Waals surface area contributed by atoms with Crippen LogP contribution in [0.3, 0.4) is 0 Å². The minimum atomic E-state index is -0.804. The van der Waals surface area contributed by atoms with Gasteiger partial charge in [0.25, 0.3) is 0 Å². The predicted molar refractivity (Wildman–Crippen MR) is 284 cm³/mol. The van der Waals surface area contributed by atoms with Crippen LogP contribution in [0.5, 0.6) is 0 Å². The Hall–Kier alpha value is -3.15. The molecule has 0 aliphatic rings. The average Bonchev–Trinajstić information content (AvgIpc) is 3.31. The second-order valence-electron chi connectivity index (χ2n) is 18.6. The van der Waals surface area contributed by atoms with E-state index in [9.17, 15) is 14.4 Å². The molecule has 0 heterocycles. The van der Waals surface area contributed by atoms with Gasteiger partial charge in [0, 0.05) is 19.3 Å². The van der Waals surface area contributed by atoms with Crippen LogP contribution in [0.15, 0.2) is 72.9 Å². The molecule has 0 aliphatic heterocycles. The lowest BCUT2D eigenvalue weighted by atomic mass is 10.0. The molecule has 0 N–H and O–H groups in total. The van der Waals surface area contributed by atoms with Crippen LogP contribution in [0.2, 0.25) is 0 Å². The zero-order valence-corrected chi connectivity index (χ0v) is 43.4. The van der Waals surface area contributed by atoms with Crippen LogP contribution >= 0.6 is 0 Å². The summed E-state index contributed by atoms with van der Waals surface area (Å²) in [4.78, 5) is 38.1. The molecule has 380 valence electrons. The molecule has 0 saturated heterocycles. The van der Waals surface area contributed by atoms with E-state index in [1.807, 2.05) is 54.7 Å². The van der Waals surface area contributed by atoms with Gasteiger partial charge in [0.2, 0.25) is 0 Å². The number of rotatable bonds is 50. The molecule has 66 heavy (non-hydrogen) atoms. The maximum atomic E-state index is 12.8. The number of carbonyl (C=O) groups is 3. The van der Waals surface area contributed by atoms with Gasteiger partial charge in [-0.25, -0.2) is 0 Å². The van der Waals surface area contributed by atoms with Gasteiger partial charge >= 0.3 is 17.9 Å².